The van der Waals surface area contributed by atoms with E-state index in [4.69, 9.17) is 26.4 Å². The fourth-order valence-electron chi connectivity index (χ4n) is 3.60. The molecular weight excluding hydrogens is 358 g/mol. The van der Waals surface area contributed by atoms with Gasteiger partial charge in [-0.25, -0.2) is 0 Å². The molecule has 0 amide bonds. The number of rotatable bonds is 4. The van der Waals surface area contributed by atoms with Crippen molar-refractivity contribution in [1.82, 2.24) is 4.57 Å². The first kappa shape index (κ1) is 17.6. The quantitative estimate of drug-likeness (QED) is 0.588. The molecule has 0 spiro atoms. The minimum atomic E-state index is 0.727. The highest BCUT2D eigenvalue weighted by atomic mass is 32.1. The average molecular weight is 379 g/mol. The number of benzene rings is 2. The van der Waals surface area contributed by atoms with Crippen LogP contribution in [0.1, 0.15) is 5.56 Å². The van der Waals surface area contributed by atoms with Gasteiger partial charge in [0.15, 0.2) is 11.5 Å². The van der Waals surface area contributed by atoms with E-state index in [1.807, 2.05) is 18.2 Å². The third kappa shape index (κ3) is 3.08. The van der Waals surface area contributed by atoms with E-state index in [-0.39, 0.29) is 0 Å². The molecule has 1 aliphatic heterocycles. The highest BCUT2D eigenvalue weighted by Crippen LogP contribution is 2.39. The largest absolute Gasteiger partial charge is 0.497 e. The lowest BCUT2D eigenvalue weighted by molar-refractivity contribution is 0.354. The highest BCUT2D eigenvalue weighted by molar-refractivity contribution is 7.71. The zero-order chi connectivity index (χ0) is 19.0. The average Bonchev–Trinajstić information content (AvgIpc) is 2.72. The van der Waals surface area contributed by atoms with Crippen molar-refractivity contribution in [2.75, 3.05) is 21.3 Å². The van der Waals surface area contributed by atoms with Crippen LogP contribution in [0, 0.1) is 4.64 Å². The molecule has 5 heteroatoms. The standard InChI is InChI=1S/C22H21NO3S/c1-24-17-6-4-14(5-7-17)16-10-19-18-13-21(26-3)20(25-2)11-15(18)8-9-23(19)22(27)12-16/h4-7,10-13H,8-9H2,1-3H3. The summed E-state index contributed by atoms with van der Waals surface area (Å²) in [5.41, 5.74) is 5.69. The second kappa shape index (κ2) is 7.08. The van der Waals surface area contributed by atoms with Gasteiger partial charge in [-0.05, 0) is 59.5 Å². The molecule has 0 aliphatic carbocycles. The molecule has 0 atom stereocenters. The number of aromatic nitrogens is 1. The van der Waals surface area contributed by atoms with Gasteiger partial charge in [0, 0.05) is 12.1 Å². The van der Waals surface area contributed by atoms with Crippen LogP contribution < -0.4 is 14.2 Å². The Labute approximate surface area is 163 Å². The van der Waals surface area contributed by atoms with Crippen molar-refractivity contribution < 1.29 is 14.2 Å². The molecule has 0 N–H and O–H groups in total. The number of nitrogens with zero attached hydrogens (tertiary/aromatic N) is 1. The number of pyridine rings is 1. The summed E-state index contributed by atoms with van der Waals surface area (Å²) in [6.45, 7) is 0.861. The first-order chi connectivity index (χ1) is 13.1. The van der Waals surface area contributed by atoms with Crippen LogP contribution in [-0.2, 0) is 13.0 Å². The van der Waals surface area contributed by atoms with Crippen LogP contribution in [0.25, 0.3) is 22.4 Å². The zero-order valence-electron chi connectivity index (χ0n) is 15.6. The van der Waals surface area contributed by atoms with E-state index in [9.17, 15) is 0 Å². The second-order valence-corrected chi connectivity index (χ2v) is 6.88. The van der Waals surface area contributed by atoms with Gasteiger partial charge in [-0.1, -0.05) is 24.4 Å². The molecule has 3 aromatic rings. The molecule has 27 heavy (non-hydrogen) atoms. The van der Waals surface area contributed by atoms with E-state index in [2.05, 4.69) is 34.9 Å². The van der Waals surface area contributed by atoms with Gasteiger partial charge in [0.1, 0.15) is 10.4 Å². The Hall–Kier alpha value is -2.79. The van der Waals surface area contributed by atoms with Crippen LogP contribution in [0.2, 0.25) is 0 Å². The van der Waals surface area contributed by atoms with Gasteiger partial charge >= 0.3 is 0 Å². The maximum atomic E-state index is 5.70. The first-order valence-corrected chi connectivity index (χ1v) is 9.20. The predicted molar refractivity (Wildman–Crippen MR) is 109 cm³/mol. The van der Waals surface area contributed by atoms with E-state index in [0.717, 1.165) is 57.2 Å². The monoisotopic (exact) mass is 379 g/mol. The van der Waals surface area contributed by atoms with E-state index in [1.165, 1.54) is 5.56 Å². The highest BCUT2D eigenvalue weighted by Gasteiger charge is 2.20. The Morgan fingerprint density at radius 1 is 0.815 bits per heavy atom. The number of hydrogen-bond acceptors (Lipinski definition) is 4. The molecule has 1 aromatic heterocycles. The smallest absolute Gasteiger partial charge is 0.161 e. The molecule has 138 valence electrons. The van der Waals surface area contributed by atoms with Crippen molar-refractivity contribution in [3.05, 3.63) is 58.7 Å². The van der Waals surface area contributed by atoms with Gasteiger partial charge in [0.25, 0.3) is 0 Å². The van der Waals surface area contributed by atoms with Crippen LogP contribution in [0.3, 0.4) is 0 Å². The van der Waals surface area contributed by atoms with Crippen molar-refractivity contribution in [3.63, 3.8) is 0 Å². The molecule has 2 heterocycles. The Morgan fingerprint density at radius 2 is 1.52 bits per heavy atom. The van der Waals surface area contributed by atoms with E-state index >= 15 is 0 Å². The van der Waals surface area contributed by atoms with Gasteiger partial charge in [-0.2, -0.15) is 0 Å². The van der Waals surface area contributed by atoms with Gasteiger partial charge < -0.3 is 18.8 Å². The molecule has 0 radical (unpaired) electrons. The summed E-state index contributed by atoms with van der Waals surface area (Å²) in [7, 11) is 5.00. The van der Waals surface area contributed by atoms with Crippen LogP contribution >= 0.6 is 12.2 Å². The second-order valence-electron chi connectivity index (χ2n) is 6.46. The molecular formula is C22H21NO3S. The van der Waals surface area contributed by atoms with Crippen LogP contribution in [0.15, 0.2) is 48.5 Å². The van der Waals surface area contributed by atoms with E-state index < -0.39 is 0 Å². The van der Waals surface area contributed by atoms with Gasteiger partial charge in [0.2, 0.25) is 0 Å². The van der Waals surface area contributed by atoms with Crippen LogP contribution in [0.4, 0.5) is 0 Å². The minimum Gasteiger partial charge on any atom is -0.497 e. The SMILES string of the molecule is COc1ccc(-c2cc3n(c(=S)c2)CCc2cc(OC)c(OC)cc2-3)cc1. The maximum absolute atomic E-state index is 5.70. The molecule has 4 rings (SSSR count). The number of methoxy groups -OCH3 is 3. The van der Waals surface area contributed by atoms with Crippen molar-refractivity contribution in [1.29, 1.82) is 0 Å². The van der Waals surface area contributed by atoms with Crippen molar-refractivity contribution in [2.24, 2.45) is 0 Å². The Morgan fingerprint density at radius 3 is 2.19 bits per heavy atom. The molecule has 0 saturated heterocycles. The third-order valence-corrected chi connectivity index (χ3v) is 5.38. The van der Waals surface area contributed by atoms with Crippen molar-refractivity contribution >= 4 is 12.2 Å². The molecule has 0 unspecified atom stereocenters. The predicted octanol–water partition coefficient (Wildman–Crippen LogP) is 5.13. The summed E-state index contributed by atoms with van der Waals surface area (Å²) < 4.78 is 19.3. The Bertz CT molecular complexity index is 1050. The molecule has 2 aromatic carbocycles. The van der Waals surface area contributed by atoms with Gasteiger partial charge in [-0.15, -0.1) is 0 Å². The third-order valence-electron chi connectivity index (χ3n) is 5.04. The van der Waals surface area contributed by atoms with E-state index in [1.54, 1.807) is 21.3 Å². The molecule has 1 aliphatic rings. The van der Waals surface area contributed by atoms with Crippen molar-refractivity contribution in [3.8, 4) is 39.6 Å². The molecule has 0 fully saturated rings. The number of aryl methyl sites for hydroxylation is 1. The maximum Gasteiger partial charge on any atom is 0.161 e. The van der Waals surface area contributed by atoms with Gasteiger partial charge in [0.05, 0.1) is 27.0 Å². The van der Waals surface area contributed by atoms with Crippen molar-refractivity contribution in [2.45, 2.75) is 13.0 Å². The molecule has 4 nitrogen and oxygen atoms in total. The van der Waals surface area contributed by atoms with E-state index in [0.29, 0.717) is 0 Å². The minimum absolute atomic E-state index is 0.727. The summed E-state index contributed by atoms with van der Waals surface area (Å²) in [6, 6.07) is 16.4. The summed E-state index contributed by atoms with van der Waals surface area (Å²) in [4.78, 5) is 0. The van der Waals surface area contributed by atoms with Crippen LogP contribution in [-0.4, -0.2) is 25.9 Å². The Balaban J connectivity index is 1.88. The lowest BCUT2D eigenvalue weighted by atomic mass is 9.94. The molecule has 0 saturated carbocycles. The van der Waals surface area contributed by atoms with Gasteiger partial charge in [-0.3, -0.25) is 0 Å². The number of ether oxygens (including phenoxy) is 3. The Kier molecular flexibility index (Phi) is 4.62. The number of fused-ring (bicyclic) bond motifs is 3. The molecule has 0 bridgehead atoms. The zero-order valence-corrected chi connectivity index (χ0v) is 16.4. The fraction of sp³-hybridized carbons (Fsp3) is 0.227. The fourth-order valence-corrected chi connectivity index (χ4v) is 3.92. The normalized spacial score (nSPS) is 12.1. The summed E-state index contributed by atoms with van der Waals surface area (Å²) in [6.07, 6.45) is 0.916. The van der Waals surface area contributed by atoms with Crippen LogP contribution in [0.5, 0.6) is 17.2 Å². The summed E-state index contributed by atoms with van der Waals surface area (Å²) in [5, 5.41) is 0. The summed E-state index contributed by atoms with van der Waals surface area (Å²) >= 11 is 5.70. The topological polar surface area (TPSA) is 32.6 Å². The lowest BCUT2D eigenvalue weighted by Crippen LogP contribution is -2.14. The lowest BCUT2D eigenvalue weighted by Gasteiger charge is -2.25. The summed E-state index contributed by atoms with van der Waals surface area (Å²) in [5.74, 6) is 2.33. The number of hydrogen-bond donors (Lipinski definition) is 0. The first-order valence-electron chi connectivity index (χ1n) is 8.79.